The maximum absolute atomic E-state index is 6.13. The largest absolute Gasteiger partial charge is 0.341 e. The molecular formula is C13H22O3. The van der Waals surface area contributed by atoms with Crippen LogP contribution in [0.4, 0.5) is 0 Å². The molecule has 2 fully saturated rings. The Morgan fingerprint density at radius 1 is 1.31 bits per heavy atom. The number of hydrogen-bond acceptors (Lipinski definition) is 3. The van der Waals surface area contributed by atoms with Gasteiger partial charge in [0.05, 0.1) is 6.10 Å². The second-order valence-corrected chi connectivity index (χ2v) is 4.98. The summed E-state index contributed by atoms with van der Waals surface area (Å²) in [6, 6.07) is 0. The minimum atomic E-state index is -0.467. The lowest BCUT2D eigenvalue weighted by Crippen LogP contribution is -2.51. The van der Waals surface area contributed by atoms with Crippen LogP contribution in [-0.2, 0) is 14.5 Å². The van der Waals surface area contributed by atoms with E-state index in [1.807, 2.05) is 6.92 Å². The monoisotopic (exact) mass is 226 g/mol. The van der Waals surface area contributed by atoms with Crippen LogP contribution in [0, 0.1) is 0 Å². The standard InChI is InChI=1S/C13H22O3/c1-4-11-12(10(2)3)15-16-13(14-11)8-6-5-7-9-13/h11-12H,2,4-9H2,1,3H3/t11-,12-/m1/s1. The molecule has 2 rings (SSSR count). The molecule has 3 heteroatoms. The Kier molecular flexibility index (Phi) is 3.67. The fraction of sp³-hybridized carbons (Fsp3) is 0.846. The van der Waals surface area contributed by atoms with Crippen molar-refractivity contribution in [3.05, 3.63) is 12.2 Å². The molecule has 0 unspecified atom stereocenters. The topological polar surface area (TPSA) is 27.7 Å². The highest BCUT2D eigenvalue weighted by Gasteiger charge is 2.44. The number of ether oxygens (including phenoxy) is 1. The van der Waals surface area contributed by atoms with Gasteiger partial charge < -0.3 is 4.74 Å². The summed E-state index contributed by atoms with van der Waals surface area (Å²) in [7, 11) is 0. The van der Waals surface area contributed by atoms with E-state index in [4.69, 9.17) is 14.5 Å². The molecule has 1 spiro atoms. The van der Waals surface area contributed by atoms with Crippen molar-refractivity contribution in [3.63, 3.8) is 0 Å². The molecule has 1 aliphatic heterocycles. The van der Waals surface area contributed by atoms with Crippen LogP contribution in [0.1, 0.15) is 52.4 Å². The van der Waals surface area contributed by atoms with Crippen molar-refractivity contribution in [2.24, 2.45) is 0 Å². The van der Waals surface area contributed by atoms with E-state index in [0.717, 1.165) is 37.7 Å². The van der Waals surface area contributed by atoms with Gasteiger partial charge in [0.1, 0.15) is 6.10 Å². The Hall–Kier alpha value is -0.380. The second-order valence-electron chi connectivity index (χ2n) is 4.98. The Bertz CT molecular complexity index is 256. The molecule has 0 radical (unpaired) electrons. The maximum Gasteiger partial charge on any atom is 0.201 e. The van der Waals surface area contributed by atoms with Crippen molar-refractivity contribution in [3.8, 4) is 0 Å². The molecule has 1 heterocycles. The zero-order valence-electron chi connectivity index (χ0n) is 10.3. The zero-order valence-corrected chi connectivity index (χ0v) is 10.3. The van der Waals surface area contributed by atoms with Gasteiger partial charge >= 0.3 is 0 Å². The molecule has 0 bridgehead atoms. The third-order valence-electron chi connectivity index (χ3n) is 3.51. The lowest BCUT2D eigenvalue weighted by Gasteiger charge is -2.45. The van der Waals surface area contributed by atoms with Gasteiger partial charge in [0.25, 0.3) is 0 Å². The summed E-state index contributed by atoms with van der Waals surface area (Å²) in [5.41, 5.74) is 0.970. The van der Waals surface area contributed by atoms with Gasteiger partial charge in [-0.15, -0.1) is 0 Å². The summed E-state index contributed by atoms with van der Waals surface area (Å²) in [6.07, 6.45) is 6.41. The Morgan fingerprint density at radius 2 is 2.00 bits per heavy atom. The normalized spacial score (nSPS) is 33.9. The van der Waals surface area contributed by atoms with Gasteiger partial charge in [0.15, 0.2) is 0 Å². The van der Waals surface area contributed by atoms with Crippen molar-refractivity contribution in [2.45, 2.75) is 70.4 Å². The molecule has 1 aliphatic carbocycles. The van der Waals surface area contributed by atoms with Gasteiger partial charge in [-0.05, 0) is 31.8 Å². The Balaban J connectivity index is 2.04. The molecule has 92 valence electrons. The summed E-state index contributed by atoms with van der Waals surface area (Å²) in [5.74, 6) is -0.467. The molecule has 0 aromatic carbocycles. The zero-order chi connectivity index (χ0) is 11.6. The second kappa shape index (κ2) is 4.86. The average Bonchev–Trinajstić information content (AvgIpc) is 2.29. The van der Waals surface area contributed by atoms with Gasteiger partial charge in [-0.3, -0.25) is 0 Å². The third-order valence-corrected chi connectivity index (χ3v) is 3.51. The fourth-order valence-corrected chi connectivity index (χ4v) is 2.55. The molecule has 0 N–H and O–H groups in total. The minimum absolute atomic E-state index is 0.0874. The molecule has 16 heavy (non-hydrogen) atoms. The SMILES string of the molecule is C=C(C)[C@H]1OOC2(CCCCC2)O[C@@H]1CC. The average molecular weight is 226 g/mol. The predicted octanol–water partition coefficient (Wildman–Crippen LogP) is 3.35. The van der Waals surface area contributed by atoms with Crippen molar-refractivity contribution < 1.29 is 14.5 Å². The lowest BCUT2D eigenvalue weighted by atomic mass is 9.93. The van der Waals surface area contributed by atoms with E-state index < -0.39 is 5.79 Å². The van der Waals surface area contributed by atoms with E-state index in [-0.39, 0.29) is 12.2 Å². The minimum Gasteiger partial charge on any atom is -0.341 e. The molecular weight excluding hydrogens is 204 g/mol. The highest BCUT2D eigenvalue weighted by atomic mass is 17.2. The molecule has 1 saturated carbocycles. The molecule has 2 atom stereocenters. The first-order chi connectivity index (χ1) is 7.67. The maximum atomic E-state index is 6.13. The van der Waals surface area contributed by atoms with Crippen LogP contribution in [0.5, 0.6) is 0 Å². The van der Waals surface area contributed by atoms with E-state index in [9.17, 15) is 0 Å². The van der Waals surface area contributed by atoms with E-state index in [0.29, 0.717) is 0 Å². The summed E-state index contributed by atoms with van der Waals surface area (Å²) in [5, 5.41) is 0. The summed E-state index contributed by atoms with van der Waals surface area (Å²) < 4.78 is 6.13. The van der Waals surface area contributed by atoms with Crippen molar-refractivity contribution in [2.75, 3.05) is 0 Å². The Morgan fingerprint density at radius 3 is 2.56 bits per heavy atom. The van der Waals surface area contributed by atoms with Crippen LogP contribution < -0.4 is 0 Å². The summed E-state index contributed by atoms with van der Waals surface area (Å²) in [4.78, 5) is 11.0. The van der Waals surface area contributed by atoms with Crippen molar-refractivity contribution >= 4 is 0 Å². The predicted molar refractivity (Wildman–Crippen MR) is 61.8 cm³/mol. The first-order valence-corrected chi connectivity index (χ1v) is 6.34. The van der Waals surface area contributed by atoms with Crippen LogP contribution in [0.25, 0.3) is 0 Å². The van der Waals surface area contributed by atoms with E-state index in [1.54, 1.807) is 0 Å². The molecule has 0 aromatic heterocycles. The van der Waals surface area contributed by atoms with Crippen LogP contribution in [0.15, 0.2) is 12.2 Å². The molecule has 3 nitrogen and oxygen atoms in total. The number of rotatable bonds is 2. The van der Waals surface area contributed by atoms with Gasteiger partial charge in [-0.2, -0.15) is 0 Å². The lowest BCUT2D eigenvalue weighted by molar-refractivity contribution is -0.501. The smallest absolute Gasteiger partial charge is 0.201 e. The molecule has 2 aliphatic rings. The van der Waals surface area contributed by atoms with Gasteiger partial charge in [-0.1, -0.05) is 19.9 Å². The van der Waals surface area contributed by atoms with E-state index >= 15 is 0 Å². The molecule has 1 saturated heterocycles. The fourth-order valence-electron chi connectivity index (χ4n) is 2.55. The molecule has 0 amide bonds. The van der Waals surface area contributed by atoms with Gasteiger partial charge in [0, 0.05) is 12.8 Å². The van der Waals surface area contributed by atoms with E-state index in [2.05, 4.69) is 13.5 Å². The van der Waals surface area contributed by atoms with E-state index in [1.165, 1.54) is 6.42 Å². The van der Waals surface area contributed by atoms with Gasteiger partial charge in [-0.25, -0.2) is 9.78 Å². The van der Waals surface area contributed by atoms with Crippen LogP contribution >= 0.6 is 0 Å². The molecule has 0 aromatic rings. The van der Waals surface area contributed by atoms with Crippen molar-refractivity contribution in [1.82, 2.24) is 0 Å². The third kappa shape index (κ3) is 2.31. The van der Waals surface area contributed by atoms with Crippen LogP contribution in [0.3, 0.4) is 0 Å². The van der Waals surface area contributed by atoms with Gasteiger partial charge in [0.2, 0.25) is 5.79 Å². The van der Waals surface area contributed by atoms with Crippen LogP contribution in [0.2, 0.25) is 0 Å². The summed E-state index contributed by atoms with van der Waals surface area (Å²) >= 11 is 0. The quantitative estimate of drug-likeness (QED) is 0.534. The first kappa shape index (κ1) is 12.1. The summed E-state index contributed by atoms with van der Waals surface area (Å²) in [6.45, 7) is 8.00. The highest BCUT2D eigenvalue weighted by Crippen LogP contribution is 2.39. The number of hydrogen-bond donors (Lipinski definition) is 0. The highest BCUT2D eigenvalue weighted by molar-refractivity contribution is 5.02. The first-order valence-electron chi connectivity index (χ1n) is 6.34. The van der Waals surface area contributed by atoms with Crippen molar-refractivity contribution in [1.29, 1.82) is 0 Å². The van der Waals surface area contributed by atoms with Crippen LogP contribution in [-0.4, -0.2) is 18.0 Å². The Labute approximate surface area is 97.7 Å².